The molecule has 100 valence electrons. The SMILES string of the molecule is CN(C)N(C=O)C1(C)CC(=O)N(CC(=O)O)C1=O. The van der Waals surface area contributed by atoms with Crippen LogP contribution in [-0.4, -0.2) is 70.4 Å². The van der Waals surface area contributed by atoms with E-state index in [-0.39, 0.29) is 6.42 Å². The fourth-order valence-electron chi connectivity index (χ4n) is 2.00. The highest BCUT2D eigenvalue weighted by Crippen LogP contribution is 2.29. The molecule has 1 atom stereocenters. The van der Waals surface area contributed by atoms with Crippen LogP contribution >= 0.6 is 0 Å². The normalized spacial score (nSPS) is 23.7. The van der Waals surface area contributed by atoms with E-state index in [9.17, 15) is 19.2 Å². The van der Waals surface area contributed by atoms with Gasteiger partial charge >= 0.3 is 5.97 Å². The highest BCUT2D eigenvalue weighted by molar-refractivity contribution is 6.10. The third kappa shape index (κ3) is 2.19. The number of carbonyl (C=O) groups excluding carboxylic acids is 3. The Morgan fingerprint density at radius 2 is 2.06 bits per heavy atom. The largest absolute Gasteiger partial charge is 0.480 e. The Hall–Kier alpha value is -1.96. The van der Waals surface area contributed by atoms with Crippen LogP contribution in [0.2, 0.25) is 0 Å². The van der Waals surface area contributed by atoms with E-state index in [1.807, 2.05) is 0 Å². The number of hydrogen-bond acceptors (Lipinski definition) is 5. The lowest BCUT2D eigenvalue weighted by atomic mass is 10.00. The molecule has 0 aromatic rings. The molecular formula is C10H15N3O5. The van der Waals surface area contributed by atoms with Gasteiger partial charge in [0.1, 0.15) is 12.1 Å². The molecule has 3 amide bonds. The van der Waals surface area contributed by atoms with Crippen LogP contribution in [0.3, 0.4) is 0 Å². The van der Waals surface area contributed by atoms with Gasteiger partial charge in [-0.1, -0.05) is 0 Å². The molecule has 1 unspecified atom stereocenters. The molecule has 0 saturated carbocycles. The van der Waals surface area contributed by atoms with Crippen LogP contribution < -0.4 is 0 Å². The smallest absolute Gasteiger partial charge is 0.323 e. The van der Waals surface area contributed by atoms with E-state index in [0.717, 1.165) is 5.01 Å². The summed E-state index contributed by atoms with van der Waals surface area (Å²) in [5, 5.41) is 11.1. The Balaban J connectivity index is 3.06. The first-order valence-electron chi connectivity index (χ1n) is 5.22. The Kier molecular flexibility index (Phi) is 3.70. The van der Waals surface area contributed by atoms with Crippen molar-refractivity contribution in [3.63, 3.8) is 0 Å². The maximum atomic E-state index is 12.1. The quantitative estimate of drug-likeness (QED) is 0.366. The minimum atomic E-state index is -1.36. The molecule has 0 spiro atoms. The lowest BCUT2D eigenvalue weighted by molar-refractivity contribution is -0.159. The monoisotopic (exact) mass is 257 g/mol. The molecule has 1 rings (SSSR count). The lowest BCUT2D eigenvalue weighted by Gasteiger charge is -2.37. The van der Waals surface area contributed by atoms with Gasteiger partial charge in [0, 0.05) is 14.1 Å². The Labute approximate surface area is 104 Å². The Bertz CT molecular complexity index is 408. The van der Waals surface area contributed by atoms with Crippen LogP contribution in [0.4, 0.5) is 0 Å². The first kappa shape index (κ1) is 14.1. The van der Waals surface area contributed by atoms with Gasteiger partial charge in [0.15, 0.2) is 0 Å². The van der Waals surface area contributed by atoms with Gasteiger partial charge in [-0.2, -0.15) is 0 Å². The minimum Gasteiger partial charge on any atom is -0.480 e. The first-order chi connectivity index (χ1) is 8.24. The summed E-state index contributed by atoms with van der Waals surface area (Å²) >= 11 is 0. The lowest BCUT2D eigenvalue weighted by Crippen LogP contribution is -2.57. The van der Waals surface area contributed by atoms with E-state index in [1.165, 1.54) is 11.9 Å². The van der Waals surface area contributed by atoms with Gasteiger partial charge in [0.25, 0.3) is 5.91 Å². The van der Waals surface area contributed by atoms with Crippen molar-refractivity contribution in [3.05, 3.63) is 0 Å². The molecule has 1 N–H and O–H groups in total. The summed E-state index contributed by atoms with van der Waals surface area (Å²) in [6.45, 7) is 0.747. The Morgan fingerprint density at radius 1 is 1.50 bits per heavy atom. The van der Waals surface area contributed by atoms with Crippen LogP contribution in [0, 0.1) is 0 Å². The van der Waals surface area contributed by atoms with Gasteiger partial charge in [0.2, 0.25) is 12.3 Å². The summed E-state index contributed by atoms with van der Waals surface area (Å²) in [4.78, 5) is 46.0. The number of nitrogens with zero attached hydrogens (tertiary/aromatic N) is 3. The van der Waals surface area contributed by atoms with Gasteiger partial charge < -0.3 is 5.11 Å². The van der Waals surface area contributed by atoms with Crippen LogP contribution in [0.5, 0.6) is 0 Å². The molecular weight excluding hydrogens is 242 g/mol. The molecule has 0 aromatic heterocycles. The number of carbonyl (C=O) groups is 4. The zero-order valence-electron chi connectivity index (χ0n) is 10.4. The van der Waals surface area contributed by atoms with Gasteiger partial charge in [-0.3, -0.25) is 29.1 Å². The maximum Gasteiger partial charge on any atom is 0.323 e. The van der Waals surface area contributed by atoms with Crippen molar-refractivity contribution >= 4 is 24.2 Å². The fourth-order valence-corrected chi connectivity index (χ4v) is 2.00. The van der Waals surface area contributed by atoms with Gasteiger partial charge in [0.05, 0.1) is 6.42 Å². The number of imide groups is 1. The molecule has 0 bridgehead atoms. The van der Waals surface area contributed by atoms with E-state index in [4.69, 9.17) is 5.11 Å². The van der Waals surface area contributed by atoms with Crippen molar-refractivity contribution in [2.45, 2.75) is 18.9 Å². The van der Waals surface area contributed by atoms with Crippen molar-refractivity contribution in [1.82, 2.24) is 14.9 Å². The number of carboxylic acid groups (broad SMARTS) is 1. The molecule has 0 aromatic carbocycles. The summed E-state index contributed by atoms with van der Waals surface area (Å²) in [5.41, 5.74) is -1.36. The molecule has 18 heavy (non-hydrogen) atoms. The molecule has 0 radical (unpaired) electrons. The van der Waals surface area contributed by atoms with E-state index < -0.39 is 29.9 Å². The number of carboxylic acids is 1. The third-order valence-electron chi connectivity index (χ3n) is 2.83. The van der Waals surface area contributed by atoms with Crippen LogP contribution in [0.1, 0.15) is 13.3 Å². The minimum absolute atomic E-state index is 0.226. The predicted molar refractivity (Wildman–Crippen MR) is 59.0 cm³/mol. The summed E-state index contributed by atoms with van der Waals surface area (Å²) in [6, 6.07) is 0. The van der Waals surface area contributed by atoms with Crippen molar-refractivity contribution in [2.75, 3.05) is 20.6 Å². The van der Waals surface area contributed by atoms with Crippen LogP contribution in [-0.2, 0) is 19.2 Å². The molecule has 1 heterocycles. The maximum absolute atomic E-state index is 12.1. The molecule has 1 saturated heterocycles. The highest BCUT2D eigenvalue weighted by atomic mass is 16.4. The number of aliphatic carboxylic acids is 1. The predicted octanol–water partition coefficient (Wildman–Crippen LogP) is -1.48. The Morgan fingerprint density at radius 3 is 2.44 bits per heavy atom. The topological polar surface area (TPSA) is 98.2 Å². The van der Waals surface area contributed by atoms with Crippen molar-refractivity contribution in [2.24, 2.45) is 0 Å². The molecule has 1 aliphatic heterocycles. The summed E-state index contributed by atoms with van der Waals surface area (Å²) < 4.78 is 0. The average Bonchev–Trinajstić information content (AvgIpc) is 2.42. The van der Waals surface area contributed by atoms with Crippen molar-refractivity contribution in [3.8, 4) is 0 Å². The molecule has 1 fully saturated rings. The third-order valence-corrected chi connectivity index (χ3v) is 2.83. The van der Waals surface area contributed by atoms with Gasteiger partial charge in [-0.05, 0) is 6.92 Å². The van der Waals surface area contributed by atoms with Crippen LogP contribution in [0.15, 0.2) is 0 Å². The number of amides is 3. The zero-order chi connectivity index (χ0) is 14.1. The highest BCUT2D eigenvalue weighted by Gasteiger charge is 2.53. The molecule has 8 nitrogen and oxygen atoms in total. The zero-order valence-corrected chi connectivity index (χ0v) is 10.4. The summed E-state index contributed by atoms with van der Waals surface area (Å²) in [7, 11) is 3.11. The first-order valence-corrected chi connectivity index (χ1v) is 5.22. The van der Waals surface area contributed by atoms with Gasteiger partial charge in [-0.25, -0.2) is 5.01 Å². The van der Waals surface area contributed by atoms with Gasteiger partial charge in [-0.15, -0.1) is 0 Å². The average molecular weight is 257 g/mol. The van der Waals surface area contributed by atoms with Crippen molar-refractivity contribution < 1.29 is 24.3 Å². The molecule has 0 aliphatic carbocycles. The number of likely N-dealkylation sites (tertiary alicyclic amines) is 1. The second-order valence-corrected chi connectivity index (χ2v) is 4.43. The summed E-state index contributed by atoms with van der Waals surface area (Å²) in [5.74, 6) is -2.56. The standard InChI is InChI=1S/C10H15N3O5/c1-10(13(6-14)11(2)3)4-7(15)12(9(10)18)5-8(16)17/h6H,4-5H2,1-3H3,(H,16,17). The van der Waals surface area contributed by atoms with Crippen LogP contribution in [0.25, 0.3) is 0 Å². The molecule has 8 heteroatoms. The van der Waals surface area contributed by atoms with E-state index >= 15 is 0 Å². The number of rotatable bonds is 5. The number of hydrogen-bond donors (Lipinski definition) is 1. The summed E-state index contributed by atoms with van der Waals surface area (Å²) in [6.07, 6.45) is 0.214. The fraction of sp³-hybridized carbons (Fsp3) is 0.600. The van der Waals surface area contributed by atoms with E-state index in [1.54, 1.807) is 14.1 Å². The molecule has 1 aliphatic rings. The van der Waals surface area contributed by atoms with E-state index in [0.29, 0.717) is 11.3 Å². The van der Waals surface area contributed by atoms with E-state index in [2.05, 4.69) is 0 Å². The second-order valence-electron chi connectivity index (χ2n) is 4.43. The van der Waals surface area contributed by atoms with Crippen molar-refractivity contribution in [1.29, 1.82) is 0 Å². The second kappa shape index (κ2) is 4.73. The number of hydrazine groups is 1.